The molecule has 0 bridgehead atoms. The van der Waals surface area contributed by atoms with Crippen LogP contribution in [0.2, 0.25) is 0 Å². The van der Waals surface area contributed by atoms with Gasteiger partial charge >= 0.3 is 11.7 Å². The highest BCUT2D eigenvalue weighted by Gasteiger charge is 2.21. The van der Waals surface area contributed by atoms with Crippen LogP contribution in [0.5, 0.6) is 11.6 Å². The third kappa shape index (κ3) is 3.88. The molecule has 116 valence electrons. The molecule has 8 nitrogen and oxygen atoms in total. The van der Waals surface area contributed by atoms with Crippen molar-refractivity contribution >= 4 is 21.5 Å². The number of anilines is 1. The lowest BCUT2D eigenvalue weighted by Crippen LogP contribution is -2.11. The predicted octanol–water partition coefficient (Wildman–Crippen LogP) is 2.29. The van der Waals surface area contributed by atoms with E-state index < -0.39 is 32.5 Å². The average molecular weight is 327 g/mol. The number of hydrogen-bond acceptors (Lipinski definition) is 6. The summed E-state index contributed by atoms with van der Waals surface area (Å²) in [5.41, 5.74) is -0.142. The Kier molecular flexibility index (Phi) is 4.22. The van der Waals surface area contributed by atoms with E-state index in [0.29, 0.717) is 0 Å². The van der Waals surface area contributed by atoms with Crippen molar-refractivity contribution in [2.75, 3.05) is 11.0 Å². The highest BCUT2D eigenvalue weighted by atomic mass is 32.2. The topological polar surface area (TPSA) is 111 Å². The van der Waals surface area contributed by atoms with Gasteiger partial charge in [0.15, 0.2) is 11.6 Å². The summed E-state index contributed by atoms with van der Waals surface area (Å²) in [4.78, 5) is 13.5. The van der Waals surface area contributed by atoms with Crippen LogP contribution in [0.25, 0.3) is 0 Å². The van der Waals surface area contributed by atoms with E-state index in [4.69, 9.17) is 4.74 Å². The van der Waals surface area contributed by atoms with Crippen LogP contribution in [0.4, 0.5) is 15.9 Å². The lowest BCUT2D eigenvalue weighted by atomic mass is 10.3. The van der Waals surface area contributed by atoms with E-state index in [1.807, 2.05) is 0 Å². The number of nitrogens with zero attached hydrogens (tertiary/aromatic N) is 2. The SMILES string of the molecule is CS(=O)(=O)Nc1ccc([N+](=O)[O-])nc1Oc1ccccc1F. The second-order valence-corrected chi connectivity index (χ2v) is 5.93. The summed E-state index contributed by atoms with van der Waals surface area (Å²) >= 11 is 0. The van der Waals surface area contributed by atoms with Gasteiger partial charge in [-0.3, -0.25) is 4.72 Å². The first kappa shape index (κ1) is 15.6. The molecule has 0 unspecified atom stereocenters. The number of aromatic nitrogens is 1. The summed E-state index contributed by atoms with van der Waals surface area (Å²) in [5.74, 6) is -1.96. The second kappa shape index (κ2) is 5.93. The smallest absolute Gasteiger partial charge is 0.367 e. The number of para-hydroxylation sites is 1. The number of halogens is 1. The molecule has 0 atom stereocenters. The zero-order valence-electron chi connectivity index (χ0n) is 11.2. The van der Waals surface area contributed by atoms with Crippen LogP contribution in [0.1, 0.15) is 0 Å². The van der Waals surface area contributed by atoms with Crippen molar-refractivity contribution in [3.05, 3.63) is 52.3 Å². The van der Waals surface area contributed by atoms with Crippen LogP contribution in [-0.2, 0) is 10.0 Å². The Bertz CT molecular complexity index is 825. The summed E-state index contributed by atoms with van der Waals surface area (Å²) in [6, 6.07) is 7.43. The van der Waals surface area contributed by atoms with Crippen LogP contribution in [0, 0.1) is 15.9 Å². The molecular weight excluding hydrogens is 317 g/mol. The van der Waals surface area contributed by atoms with E-state index in [1.165, 1.54) is 18.2 Å². The normalized spacial score (nSPS) is 11.0. The Morgan fingerprint density at radius 1 is 1.27 bits per heavy atom. The van der Waals surface area contributed by atoms with E-state index in [2.05, 4.69) is 9.71 Å². The molecule has 0 amide bonds. The van der Waals surface area contributed by atoms with Crippen molar-refractivity contribution in [3.8, 4) is 11.6 Å². The number of benzene rings is 1. The molecule has 0 spiro atoms. The van der Waals surface area contributed by atoms with Crippen LogP contribution >= 0.6 is 0 Å². The van der Waals surface area contributed by atoms with Gasteiger partial charge in [-0.2, -0.15) is 0 Å². The first-order valence-electron chi connectivity index (χ1n) is 5.82. The van der Waals surface area contributed by atoms with Gasteiger partial charge in [0, 0.05) is 11.1 Å². The maximum Gasteiger partial charge on any atom is 0.367 e. The van der Waals surface area contributed by atoms with Crippen LogP contribution in [0.3, 0.4) is 0 Å². The summed E-state index contributed by atoms with van der Waals surface area (Å²) in [5, 5.41) is 10.7. The molecule has 1 aromatic heterocycles. The van der Waals surface area contributed by atoms with Crippen LogP contribution in [-0.4, -0.2) is 24.6 Å². The predicted molar refractivity (Wildman–Crippen MR) is 75.8 cm³/mol. The third-order valence-electron chi connectivity index (χ3n) is 2.37. The first-order valence-corrected chi connectivity index (χ1v) is 7.71. The maximum atomic E-state index is 13.6. The minimum atomic E-state index is -3.67. The fourth-order valence-electron chi connectivity index (χ4n) is 1.52. The zero-order chi connectivity index (χ0) is 16.3. The molecule has 0 saturated heterocycles. The average Bonchev–Trinajstić information content (AvgIpc) is 2.41. The Morgan fingerprint density at radius 2 is 1.95 bits per heavy atom. The van der Waals surface area contributed by atoms with Gasteiger partial charge < -0.3 is 14.9 Å². The number of pyridine rings is 1. The Hall–Kier alpha value is -2.75. The summed E-state index contributed by atoms with van der Waals surface area (Å²) in [6.45, 7) is 0. The van der Waals surface area contributed by atoms with Gasteiger partial charge in [-0.15, -0.1) is 0 Å². The minimum absolute atomic E-state index is 0.142. The van der Waals surface area contributed by atoms with Gasteiger partial charge in [0.1, 0.15) is 5.69 Å². The lowest BCUT2D eigenvalue weighted by molar-refractivity contribution is -0.389. The molecule has 2 rings (SSSR count). The third-order valence-corrected chi connectivity index (χ3v) is 2.96. The van der Waals surface area contributed by atoms with Crippen LogP contribution < -0.4 is 9.46 Å². The van der Waals surface area contributed by atoms with Gasteiger partial charge in [-0.25, -0.2) is 12.8 Å². The molecule has 0 radical (unpaired) electrons. The number of nitro groups is 1. The van der Waals surface area contributed by atoms with Gasteiger partial charge in [-0.1, -0.05) is 12.1 Å². The Morgan fingerprint density at radius 3 is 2.55 bits per heavy atom. The molecule has 0 aliphatic heterocycles. The highest BCUT2D eigenvalue weighted by Crippen LogP contribution is 2.31. The van der Waals surface area contributed by atoms with Crippen molar-refractivity contribution in [2.45, 2.75) is 0 Å². The molecule has 0 aliphatic carbocycles. The first-order chi connectivity index (χ1) is 10.3. The molecule has 1 aromatic carbocycles. The second-order valence-electron chi connectivity index (χ2n) is 4.19. The van der Waals surface area contributed by atoms with Gasteiger partial charge in [-0.05, 0) is 23.1 Å². The Balaban J connectivity index is 2.48. The van der Waals surface area contributed by atoms with E-state index in [1.54, 1.807) is 0 Å². The summed E-state index contributed by atoms with van der Waals surface area (Å²) < 4.78 is 43.4. The minimum Gasteiger partial charge on any atom is -0.416 e. The molecule has 0 saturated carbocycles. The maximum absolute atomic E-state index is 13.6. The summed E-state index contributed by atoms with van der Waals surface area (Å²) in [7, 11) is -3.67. The molecular formula is C12H10FN3O5S. The van der Waals surface area contributed by atoms with Crippen molar-refractivity contribution in [2.24, 2.45) is 0 Å². The van der Waals surface area contributed by atoms with E-state index >= 15 is 0 Å². The van der Waals surface area contributed by atoms with E-state index in [9.17, 15) is 22.9 Å². The number of sulfonamides is 1. The molecule has 0 fully saturated rings. The standard InChI is InChI=1S/C12H10FN3O5S/c1-22(19,20)15-9-6-7-11(16(17)18)14-12(9)21-10-5-3-2-4-8(10)13/h2-7,15H,1H3. The number of hydrogen-bond donors (Lipinski definition) is 1. The van der Waals surface area contributed by atoms with Crippen molar-refractivity contribution in [1.82, 2.24) is 4.98 Å². The quantitative estimate of drug-likeness (QED) is 0.666. The molecule has 22 heavy (non-hydrogen) atoms. The van der Waals surface area contributed by atoms with E-state index in [-0.39, 0.29) is 11.4 Å². The van der Waals surface area contributed by atoms with Gasteiger partial charge in [0.2, 0.25) is 10.0 Å². The number of ether oxygens (including phenoxy) is 1. The van der Waals surface area contributed by atoms with E-state index in [0.717, 1.165) is 24.5 Å². The largest absolute Gasteiger partial charge is 0.416 e. The fourth-order valence-corrected chi connectivity index (χ4v) is 2.07. The van der Waals surface area contributed by atoms with Crippen molar-refractivity contribution in [3.63, 3.8) is 0 Å². The fraction of sp³-hybridized carbons (Fsp3) is 0.0833. The number of rotatable bonds is 5. The van der Waals surface area contributed by atoms with Crippen LogP contribution in [0.15, 0.2) is 36.4 Å². The van der Waals surface area contributed by atoms with Crippen molar-refractivity contribution in [1.29, 1.82) is 0 Å². The molecule has 2 aromatic rings. The van der Waals surface area contributed by atoms with Gasteiger partial charge in [0.25, 0.3) is 0 Å². The Labute approximate surface area is 124 Å². The molecule has 1 heterocycles. The zero-order valence-corrected chi connectivity index (χ0v) is 12.0. The molecule has 0 aliphatic rings. The highest BCUT2D eigenvalue weighted by molar-refractivity contribution is 7.92. The lowest BCUT2D eigenvalue weighted by Gasteiger charge is -2.08. The monoisotopic (exact) mass is 327 g/mol. The van der Waals surface area contributed by atoms with Gasteiger partial charge in [0.05, 0.1) is 6.26 Å². The molecule has 10 heteroatoms. The van der Waals surface area contributed by atoms with Crippen molar-refractivity contribution < 1.29 is 22.5 Å². The molecule has 1 N–H and O–H groups in total. The summed E-state index contributed by atoms with van der Waals surface area (Å²) in [6.07, 6.45) is 0.890. The number of nitrogens with one attached hydrogen (secondary N) is 1.